The van der Waals surface area contributed by atoms with E-state index in [0.717, 1.165) is 18.4 Å². The van der Waals surface area contributed by atoms with Gasteiger partial charge >= 0.3 is 0 Å². The van der Waals surface area contributed by atoms with E-state index in [1.807, 2.05) is 11.0 Å². The normalized spacial score (nSPS) is 22.3. The van der Waals surface area contributed by atoms with E-state index < -0.39 is 6.04 Å². The molecule has 2 aliphatic rings. The summed E-state index contributed by atoms with van der Waals surface area (Å²) in [6, 6.07) is 13.4. The Morgan fingerprint density at radius 2 is 2.00 bits per heavy atom. The van der Waals surface area contributed by atoms with Gasteiger partial charge in [0.25, 0.3) is 0 Å². The van der Waals surface area contributed by atoms with Crippen LogP contribution >= 0.6 is 0 Å². The molecule has 1 heterocycles. The summed E-state index contributed by atoms with van der Waals surface area (Å²) in [5, 5.41) is 9.69. The lowest BCUT2D eigenvalue weighted by atomic mass is 9.93. The van der Waals surface area contributed by atoms with Crippen molar-refractivity contribution in [1.82, 2.24) is 15.8 Å². The van der Waals surface area contributed by atoms with Gasteiger partial charge in [-0.25, -0.2) is 9.82 Å². The quantitative estimate of drug-likeness (QED) is 0.771. The van der Waals surface area contributed by atoms with E-state index >= 15 is 0 Å². The fourth-order valence-corrected chi connectivity index (χ4v) is 3.59. The van der Waals surface area contributed by atoms with E-state index in [0.29, 0.717) is 18.7 Å². The smallest absolute Gasteiger partial charge is 0.229 e. The summed E-state index contributed by atoms with van der Waals surface area (Å²) in [5.74, 6) is -0.469. The molecule has 2 unspecified atom stereocenters. The Balaban J connectivity index is 1.56. The standard InChI is InChI=1S/C20H22FN3O2/c21-18-7-2-1-6-16(18)19-17(11-22-23-19)20(26)24(14-8-9-14)12-13-4-3-5-15(25)10-13/h1-7,10,14,17,19,22-23,25H,8-9,11-12H2. The number of benzene rings is 2. The second-order valence-electron chi connectivity index (χ2n) is 7.00. The SMILES string of the molecule is O=C(C1CNNC1c1ccccc1F)N(Cc1cccc(O)c1)C1CC1. The summed E-state index contributed by atoms with van der Waals surface area (Å²) < 4.78 is 14.2. The number of rotatable bonds is 5. The van der Waals surface area contributed by atoms with E-state index in [1.165, 1.54) is 6.07 Å². The van der Waals surface area contributed by atoms with Gasteiger partial charge in [0.1, 0.15) is 11.6 Å². The lowest BCUT2D eigenvalue weighted by Gasteiger charge is -2.28. The second kappa shape index (κ2) is 7.05. The zero-order chi connectivity index (χ0) is 18.1. The van der Waals surface area contributed by atoms with Crippen molar-refractivity contribution in [3.63, 3.8) is 0 Å². The Hall–Kier alpha value is -2.44. The van der Waals surface area contributed by atoms with Crippen LogP contribution in [0.25, 0.3) is 0 Å². The number of carbonyl (C=O) groups is 1. The Kier molecular flexibility index (Phi) is 4.61. The van der Waals surface area contributed by atoms with Crippen molar-refractivity contribution in [2.24, 2.45) is 5.92 Å². The Labute approximate surface area is 151 Å². The van der Waals surface area contributed by atoms with Crippen molar-refractivity contribution in [3.05, 3.63) is 65.5 Å². The van der Waals surface area contributed by atoms with Crippen molar-refractivity contribution in [1.29, 1.82) is 0 Å². The molecular weight excluding hydrogens is 333 g/mol. The summed E-state index contributed by atoms with van der Waals surface area (Å²) in [6.45, 7) is 0.916. The van der Waals surface area contributed by atoms with Crippen LogP contribution in [-0.2, 0) is 11.3 Å². The van der Waals surface area contributed by atoms with Gasteiger partial charge in [0, 0.05) is 24.7 Å². The third-order valence-electron chi connectivity index (χ3n) is 5.07. The first-order chi connectivity index (χ1) is 12.6. The minimum atomic E-state index is -0.394. The molecular formula is C20H22FN3O2. The molecule has 3 N–H and O–H groups in total. The van der Waals surface area contributed by atoms with Gasteiger partial charge in [-0.05, 0) is 36.6 Å². The maximum Gasteiger partial charge on any atom is 0.229 e. The molecule has 1 saturated carbocycles. The van der Waals surface area contributed by atoms with Crippen LogP contribution in [0.1, 0.15) is 30.0 Å². The maximum absolute atomic E-state index is 14.2. The summed E-state index contributed by atoms with van der Waals surface area (Å²) in [6.07, 6.45) is 1.98. The Bertz CT molecular complexity index is 809. The first-order valence-electron chi connectivity index (χ1n) is 8.94. The number of halogens is 1. The van der Waals surface area contributed by atoms with Crippen LogP contribution in [0.3, 0.4) is 0 Å². The molecule has 0 spiro atoms. The minimum absolute atomic E-state index is 0.0154. The molecule has 2 atom stereocenters. The van der Waals surface area contributed by atoms with Gasteiger partial charge in [-0.2, -0.15) is 0 Å². The Morgan fingerprint density at radius 3 is 2.73 bits per heavy atom. The first kappa shape index (κ1) is 17.0. The monoisotopic (exact) mass is 355 g/mol. The third-order valence-corrected chi connectivity index (χ3v) is 5.07. The van der Waals surface area contributed by atoms with E-state index in [1.54, 1.807) is 36.4 Å². The average Bonchev–Trinajstić information content (AvgIpc) is 3.36. The van der Waals surface area contributed by atoms with Crippen LogP contribution in [0.2, 0.25) is 0 Å². The molecule has 136 valence electrons. The van der Waals surface area contributed by atoms with Gasteiger partial charge in [0.15, 0.2) is 0 Å². The number of amides is 1. The summed E-state index contributed by atoms with van der Waals surface area (Å²) in [4.78, 5) is 15.1. The number of nitrogens with one attached hydrogen (secondary N) is 2. The predicted octanol–water partition coefficient (Wildman–Crippen LogP) is 2.49. The number of phenolic OH excluding ortho intramolecular Hbond substituents is 1. The van der Waals surface area contributed by atoms with Crippen LogP contribution in [0.4, 0.5) is 4.39 Å². The van der Waals surface area contributed by atoms with E-state index in [4.69, 9.17) is 0 Å². The molecule has 1 amide bonds. The van der Waals surface area contributed by atoms with E-state index in [2.05, 4.69) is 10.9 Å². The van der Waals surface area contributed by atoms with E-state index in [9.17, 15) is 14.3 Å². The van der Waals surface area contributed by atoms with Crippen LogP contribution in [0.5, 0.6) is 5.75 Å². The van der Waals surface area contributed by atoms with E-state index in [-0.39, 0.29) is 29.4 Å². The van der Waals surface area contributed by atoms with Crippen LogP contribution in [0.15, 0.2) is 48.5 Å². The average molecular weight is 355 g/mol. The van der Waals surface area contributed by atoms with Crippen molar-refractivity contribution in [2.45, 2.75) is 31.5 Å². The fraction of sp³-hybridized carbons (Fsp3) is 0.350. The molecule has 5 nitrogen and oxygen atoms in total. The van der Waals surface area contributed by atoms with Crippen molar-refractivity contribution in [3.8, 4) is 5.75 Å². The zero-order valence-corrected chi connectivity index (χ0v) is 14.4. The number of hydrogen-bond acceptors (Lipinski definition) is 4. The number of aromatic hydroxyl groups is 1. The topological polar surface area (TPSA) is 64.6 Å². The summed E-state index contributed by atoms with van der Waals surface area (Å²) >= 11 is 0. The molecule has 0 radical (unpaired) electrons. The third kappa shape index (κ3) is 3.43. The number of phenols is 1. The van der Waals surface area contributed by atoms with Gasteiger partial charge in [0.05, 0.1) is 12.0 Å². The van der Waals surface area contributed by atoms with Crippen LogP contribution in [0, 0.1) is 11.7 Å². The fourth-order valence-electron chi connectivity index (χ4n) is 3.59. The molecule has 2 fully saturated rings. The van der Waals surface area contributed by atoms with Crippen molar-refractivity contribution >= 4 is 5.91 Å². The molecule has 6 heteroatoms. The lowest BCUT2D eigenvalue weighted by molar-refractivity contribution is -0.136. The van der Waals surface area contributed by atoms with Crippen molar-refractivity contribution in [2.75, 3.05) is 6.54 Å². The highest BCUT2D eigenvalue weighted by atomic mass is 19.1. The molecule has 1 aliphatic heterocycles. The van der Waals surface area contributed by atoms with Gasteiger partial charge in [-0.15, -0.1) is 0 Å². The number of nitrogens with zero attached hydrogens (tertiary/aromatic N) is 1. The maximum atomic E-state index is 14.2. The number of hydrazine groups is 1. The molecule has 2 aromatic rings. The highest BCUT2D eigenvalue weighted by Crippen LogP contribution is 2.34. The largest absolute Gasteiger partial charge is 0.508 e. The minimum Gasteiger partial charge on any atom is -0.508 e. The molecule has 0 bridgehead atoms. The van der Waals surface area contributed by atoms with Gasteiger partial charge in [0.2, 0.25) is 5.91 Å². The number of carbonyl (C=O) groups excluding carboxylic acids is 1. The molecule has 2 aromatic carbocycles. The highest BCUT2D eigenvalue weighted by molar-refractivity contribution is 5.81. The molecule has 0 aromatic heterocycles. The molecule has 1 saturated heterocycles. The Morgan fingerprint density at radius 1 is 1.19 bits per heavy atom. The molecule has 4 rings (SSSR count). The zero-order valence-electron chi connectivity index (χ0n) is 14.4. The van der Waals surface area contributed by atoms with Crippen molar-refractivity contribution < 1.29 is 14.3 Å². The van der Waals surface area contributed by atoms with Gasteiger partial charge in [-0.1, -0.05) is 30.3 Å². The molecule has 1 aliphatic carbocycles. The van der Waals surface area contributed by atoms with Crippen LogP contribution in [-0.4, -0.2) is 28.5 Å². The lowest BCUT2D eigenvalue weighted by Crippen LogP contribution is -2.40. The van der Waals surface area contributed by atoms with Gasteiger partial charge in [-0.3, -0.25) is 10.2 Å². The first-order valence-corrected chi connectivity index (χ1v) is 8.94. The summed E-state index contributed by atoms with van der Waals surface area (Å²) in [5.41, 5.74) is 7.47. The number of hydrogen-bond donors (Lipinski definition) is 3. The highest BCUT2D eigenvalue weighted by Gasteiger charge is 2.41. The molecule has 26 heavy (non-hydrogen) atoms. The second-order valence-corrected chi connectivity index (χ2v) is 7.00. The summed E-state index contributed by atoms with van der Waals surface area (Å²) in [7, 11) is 0. The van der Waals surface area contributed by atoms with Crippen LogP contribution < -0.4 is 10.9 Å². The predicted molar refractivity (Wildman–Crippen MR) is 95.4 cm³/mol. The van der Waals surface area contributed by atoms with Gasteiger partial charge < -0.3 is 10.0 Å².